The van der Waals surface area contributed by atoms with E-state index in [9.17, 15) is 18.0 Å². The first-order valence-electron chi connectivity index (χ1n) is 15.2. The Bertz CT molecular complexity index is 1050. The van der Waals surface area contributed by atoms with Crippen molar-refractivity contribution < 1.29 is 22.7 Å². The summed E-state index contributed by atoms with van der Waals surface area (Å²) < 4.78 is 34.2. The van der Waals surface area contributed by atoms with Gasteiger partial charge in [0, 0.05) is 13.0 Å². The van der Waals surface area contributed by atoms with E-state index in [-0.39, 0.29) is 22.8 Å². The average molecular weight is 562 g/mol. The van der Waals surface area contributed by atoms with E-state index < -0.39 is 22.0 Å². The summed E-state index contributed by atoms with van der Waals surface area (Å²) in [5.74, 6) is -0.168. The molecule has 4 rings (SSSR count). The lowest BCUT2D eigenvalue weighted by atomic mass is 9.94. The van der Waals surface area contributed by atoms with E-state index in [4.69, 9.17) is 4.74 Å². The number of nitrogens with zero attached hydrogens (tertiary/aromatic N) is 3. The van der Waals surface area contributed by atoms with Gasteiger partial charge in [0.05, 0.1) is 29.5 Å². The van der Waals surface area contributed by atoms with Gasteiger partial charge in [-0.3, -0.25) is 9.59 Å². The predicted octanol–water partition coefficient (Wildman–Crippen LogP) is 4.83. The number of benzene rings is 1. The van der Waals surface area contributed by atoms with Crippen LogP contribution in [0.25, 0.3) is 0 Å². The summed E-state index contributed by atoms with van der Waals surface area (Å²) >= 11 is 0. The quantitative estimate of drug-likeness (QED) is 0.303. The Labute approximate surface area is 235 Å². The van der Waals surface area contributed by atoms with Crippen LogP contribution in [0.5, 0.6) is 5.75 Å². The number of carbonyl (C=O) groups is 2. The Balaban J connectivity index is 1.39. The molecule has 0 unspecified atom stereocenters. The Hall–Kier alpha value is -2.13. The molecule has 0 bridgehead atoms. The number of piperidine rings is 1. The van der Waals surface area contributed by atoms with Crippen LogP contribution in [0.4, 0.5) is 0 Å². The highest BCUT2D eigenvalue weighted by Gasteiger charge is 2.58. The fourth-order valence-electron chi connectivity index (χ4n) is 6.48. The number of hydrogen-bond acceptors (Lipinski definition) is 6. The number of rotatable bonds is 14. The maximum Gasteiger partial charge on any atom is 0.266 e. The van der Waals surface area contributed by atoms with Gasteiger partial charge >= 0.3 is 0 Å². The lowest BCUT2D eigenvalue weighted by Gasteiger charge is -2.28. The van der Waals surface area contributed by atoms with E-state index in [0.29, 0.717) is 38.2 Å². The van der Waals surface area contributed by atoms with Crippen molar-refractivity contribution in [1.29, 1.82) is 0 Å². The first-order chi connectivity index (χ1) is 18.9. The largest absolute Gasteiger partial charge is 0.494 e. The van der Waals surface area contributed by atoms with Crippen molar-refractivity contribution in [2.75, 3.05) is 32.8 Å². The first kappa shape index (κ1) is 29.8. The summed E-state index contributed by atoms with van der Waals surface area (Å²) in [5.41, 5.74) is 0. The average Bonchev–Trinajstić information content (AvgIpc) is 3.47. The number of carbonyl (C=O) groups excluding carboxylic acids is 2. The molecule has 9 heteroatoms. The summed E-state index contributed by atoms with van der Waals surface area (Å²) in [6.07, 6.45) is 11.1. The number of amides is 2. The highest BCUT2D eigenvalue weighted by atomic mass is 32.2. The van der Waals surface area contributed by atoms with Gasteiger partial charge in [-0.2, -0.15) is 0 Å². The van der Waals surface area contributed by atoms with Crippen LogP contribution < -0.4 is 4.74 Å². The maximum atomic E-state index is 13.7. The molecule has 39 heavy (non-hydrogen) atoms. The van der Waals surface area contributed by atoms with E-state index in [1.54, 1.807) is 12.1 Å². The molecule has 218 valence electrons. The summed E-state index contributed by atoms with van der Waals surface area (Å²) in [5, 5.41) is 0. The van der Waals surface area contributed by atoms with Crippen LogP contribution in [-0.2, 0) is 19.6 Å². The smallest absolute Gasteiger partial charge is 0.266 e. The van der Waals surface area contributed by atoms with Crippen LogP contribution in [-0.4, -0.2) is 79.2 Å². The van der Waals surface area contributed by atoms with Crippen molar-refractivity contribution in [1.82, 2.24) is 14.1 Å². The van der Waals surface area contributed by atoms with E-state index in [2.05, 4.69) is 11.8 Å². The van der Waals surface area contributed by atoms with E-state index >= 15 is 0 Å². The summed E-state index contributed by atoms with van der Waals surface area (Å²) in [6, 6.07) is 5.48. The second-order valence-electron chi connectivity index (χ2n) is 11.4. The number of fused-ring (bicyclic) bond motifs is 1. The third kappa shape index (κ3) is 6.96. The second-order valence-corrected chi connectivity index (χ2v) is 13.2. The van der Waals surface area contributed by atoms with Gasteiger partial charge < -0.3 is 14.5 Å². The van der Waals surface area contributed by atoms with Crippen LogP contribution in [0.2, 0.25) is 0 Å². The minimum Gasteiger partial charge on any atom is -0.494 e. The van der Waals surface area contributed by atoms with Gasteiger partial charge in [0.15, 0.2) is 0 Å². The number of sulfonamides is 1. The summed E-state index contributed by atoms with van der Waals surface area (Å²) in [7, 11) is -4.03. The Morgan fingerprint density at radius 2 is 1.69 bits per heavy atom. The molecular weight excluding hydrogens is 514 g/mol. The van der Waals surface area contributed by atoms with Gasteiger partial charge in [0.25, 0.3) is 10.0 Å². The molecule has 3 heterocycles. The van der Waals surface area contributed by atoms with Crippen molar-refractivity contribution >= 4 is 21.8 Å². The van der Waals surface area contributed by atoms with Crippen molar-refractivity contribution in [2.45, 2.75) is 108 Å². The first-order valence-corrected chi connectivity index (χ1v) is 16.7. The monoisotopic (exact) mass is 561 g/mol. The lowest BCUT2D eigenvalue weighted by molar-refractivity contribution is -0.134. The molecule has 8 nitrogen and oxygen atoms in total. The van der Waals surface area contributed by atoms with Gasteiger partial charge in [-0.1, -0.05) is 39.5 Å². The fourth-order valence-corrected chi connectivity index (χ4v) is 8.14. The molecule has 3 aliphatic rings. The minimum absolute atomic E-state index is 0.0576. The van der Waals surface area contributed by atoms with Gasteiger partial charge in [0.1, 0.15) is 5.75 Å². The number of likely N-dealkylation sites (tertiary alicyclic amines) is 2. The van der Waals surface area contributed by atoms with E-state index in [1.807, 2.05) is 11.8 Å². The van der Waals surface area contributed by atoms with Crippen LogP contribution in [0.15, 0.2) is 29.2 Å². The SMILES string of the molecule is CCCCOc1ccc(S(=O)(=O)N2C(=O)[C@H](CCC)[C@@H]3[C@@H]2CCN3C(=O)CCCCCN2CCCCC2)cc1. The van der Waals surface area contributed by atoms with E-state index in [0.717, 1.165) is 49.4 Å². The molecule has 3 fully saturated rings. The van der Waals surface area contributed by atoms with Crippen LogP contribution in [0, 0.1) is 5.92 Å². The molecule has 0 N–H and O–H groups in total. The third-order valence-corrected chi connectivity index (χ3v) is 10.4. The molecule has 0 radical (unpaired) electrons. The Morgan fingerprint density at radius 1 is 0.949 bits per heavy atom. The summed E-state index contributed by atoms with van der Waals surface area (Å²) in [6.45, 7) is 8.66. The van der Waals surface area contributed by atoms with Crippen LogP contribution >= 0.6 is 0 Å². The topological polar surface area (TPSA) is 87.2 Å². The molecule has 0 saturated carbocycles. The van der Waals surface area contributed by atoms with Crippen LogP contribution in [0.3, 0.4) is 0 Å². The second kappa shape index (κ2) is 14.0. The van der Waals surface area contributed by atoms with E-state index in [1.165, 1.54) is 44.5 Å². The van der Waals surface area contributed by atoms with Gasteiger partial charge in [-0.05, 0) is 88.8 Å². The van der Waals surface area contributed by atoms with Crippen molar-refractivity contribution in [3.63, 3.8) is 0 Å². The van der Waals surface area contributed by atoms with Crippen molar-refractivity contribution in [3.05, 3.63) is 24.3 Å². The molecule has 1 aromatic carbocycles. The van der Waals surface area contributed by atoms with Gasteiger partial charge in [-0.15, -0.1) is 0 Å². The number of unbranched alkanes of at least 4 members (excludes halogenated alkanes) is 3. The molecule has 2 amide bonds. The summed E-state index contributed by atoms with van der Waals surface area (Å²) in [4.78, 5) is 31.3. The fraction of sp³-hybridized carbons (Fsp3) is 0.733. The highest BCUT2D eigenvalue weighted by molar-refractivity contribution is 7.89. The normalized spacial score (nSPS) is 23.8. The highest BCUT2D eigenvalue weighted by Crippen LogP contribution is 2.42. The number of hydrogen-bond donors (Lipinski definition) is 0. The van der Waals surface area contributed by atoms with Crippen molar-refractivity contribution in [3.8, 4) is 5.75 Å². The maximum absolute atomic E-state index is 13.7. The molecule has 3 atom stereocenters. The Morgan fingerprint density at radius 3 is 2.38 bits per heavy atom. The van der Waals surface area contributed by atoms with Gasteiger partial charge in [-0.25, -0.2) is 12.7 Å². The molecule has 0 spiro atoms. The van der Waals surface area contributed by atoms with Crippen molar-refractivity contribution in [2.24, 2.45) is 5.92 Å². The van der Waals surface area contributed by atoms with Crippen LogP contribution in [0.1, 0.15) is 90.9 Å². The minimum atomic E-state index is -4.03. The Kier molecular flexibility index (Phi) is 10.7. The third-order valence-electron chi connectivity index (χ3n) is 8.55. The zero-order chi connectivity index (χ0) is 27.8. The molecule has 3 saturated heterocycles. The molecular formula is C30H47N3O5S. The molecule has 0 aromatic heterocycles. The molecule has 3 aliphatic heterocycles. The zero-order valence-electron chi connectivity index (χ0n) is 23.9. The zero-order valence-corrected chi connectivity index (χ0v) is 24.7. The van der Waals surface area contributed by atoms with Gasteiger partial charge in [0.2, 0.25) is 11.8 Å². The molecule has 1 aromatic rings. The molecule has 0 aliphatic carbocycles. The predicted molar refractivity (Wildman–Crippen MR) is 152 cm³/mol. The standard InChI is InChI=1S/C30H47N3O5S/c1-3-5-23-38-24-14-16-25(17-15-24)39(36,37)33-27-18-22-32(29(27)26(12-4-2)30(33)35)28(34)13-8-6-9-19-31-20-10-7-11-21-31/h14-17,26-27,29H,3-13,18-23H2,1-2H3/t26-,27+,29-/m1/s1. The lowest BCUT2D eigenvalue weighted by Crippen LogP contribution is -2.43. The number of ether oxygens (including phenoxy) is 1.